The second kappa shape index (κ2) is 11.9. The Morgan fingerprint density at radius 2 is 1.47 bits per heavy atom. The van der Waals surface area contributed by atoms with Gasteiger partial charge in [-0.15, -0.1) is 0 Å². The van der Waals surface area contributed by atoms with E-state index in [-0.39, 0.29) is 0 Å². The van der Waals surface area contributed by atoms with Gasteiger partial charge < -0.3 is 5.11 Å². The topological polar surface area (TPSA) is 37.3 Å². The van der Waals surface area contributed by atoms with Crippen molar-refractivity contribution < 1.29 is 9.90 Å². The van der Waals surface area contributed by atoms with E-state index in [2.05, 4.69) is 13.8 Å². The standard InChI is InChI=1S/C15H30O2/c1-3-4-5-6-7-8-9-11-14(2)12-10-13-15(16)17/h14H,3-13H2,1-2H3,(H,16,17). The van der Waals surface area contributed by atoms with Crippen LogP contribution in [-0.2, 0) is 4.79 Å². The van der Waals surface area contributed by atoms with E-state index in [1.807, 2.05) is 0 Å². The summed E-state index contributed by atoms with van der Waals surface area (Å²) in [6, 6.07) is 0. The van der Waals surface area contributed by atoms with E-state index >= 15 is 0 Å². The van der Waals surface area contributed by atoms with Crippen LogP contribution in [0, 0.1) is 5.92 Å². The van der Waals surface area contributed by atoms with Gasteiger partial charge in [0.2, 0.25) is 0 Å². The third-order valence-electron chi connectivity index (χ3n) is 3.39. The fraction of sp³-hybridized carbons (Fsp3) is 0.933. The molecule has 102 valence electrons. The maximum absolute atomic E-state index is 10.4. The summed E-state index contributed by atoms with van der Waals surface area (Å²) < 4.78 is 0. The first-order valence-corrected chi connectivity index (χ1v) is 7.38. The zero-order chi connectivity index (χ0) is 12.9. The van der Waals surface area contributed by atoms with Crippen molar-refractivity contribution in [2.45, 2.75) is 84.5 Å². The van der Waals surface area contributed by atoms with Crippen LogP contribution in [-0.4, -0.2) is 11.1 Å². The average Bonchev–Trinajstić information content (AvgIpc) is 2.27. The molecular formula is C15H30O2. The highest BCUT2D eigenvalue weighted by Crippen LogP contribution is 2.17. The van der Waals surface area contributed by atoms with E-state index in [1.54, 1.807) is 0 Å². The van der Waals surface area contributed by atoms with Crippen molar-refractivity contribution in [3.05, 3.63) is 0 Å². The molecule has 0 aromatic rings. The number of carbonyl (C=O) groups is 1. The number of aliphatic carboxylic acids is 1. The van der Waals surface area contributed by atoms with Crippen LogP contribution < -0.4 is 0 Å². The molecule has 1 atom stereocenters. The van der Waals surface area contributed by atoms with Gasteiger partial charge in [0.05, 0.1) is 0 Å². The smallest absolute Gasteiger partial charge is 0.303 e. The number of carboxylic acids is 1. The number of carboxylic acid groups (broad SMARTS) is 1. The van der Waals surface area contributed by atoms with Gasteiger partial charge in [-0.3, -0.25) is 4.79 Å². The van der Waals surface area contributed by atoms with Crippen molar-refractivity contribution in [3.63, 3.8) is 0 Å². The van der Waals surface area contributed by atoms with Gasteiger partial charge in [-0.25, -0.2) is 0 Å². The van der Waals surface area contributed by atoms with Gasteiger partial charge >= 0.3 is 5.97 Å². The molecular weight excluding hydrogens is 212 g/mol. The molecule has 0 radical (unpaired) electrons. The highest BCUT2D eigenvalue weighted by Gasteiger charge is 2.03. The lowest BCUT2D eigenvalue weighted by atomic mass is 9.97. The van der Waals surface area contributed by atoms with Gasteiger partial charge in [0.25, 0.3) is 0 Å². The summed E-state index contributed by atoms with van der Waals surface area (Å²) in [6.07, 6.45) is 13.1. The SMILES string of the molecule is CCCCCCCCCC(C)CCCC(=O)O. The van der Waals surface area contributed by atoms with E-state index in [4.69, 9.17) is 5.11 Å². The molecule has 0 aromatic heterocycles. The molecule has 0 amide bonds. The summed E-state index contributed by atoms with van der Waals surface area (Å²) in [5.41, 5.74) is 0. The highest BCUT2D eigenvalue weighted by molar-refractivity contribution is 5.66. The first-order valence-electron chi connectivity index (χ1n) is 7.38. The minimum Gasteiger partial charge on any atom is -0.481 e. The number of unbranched alkanes of at least 4 members (excludes halogenated alkanes) is 6. The third kappa shape index (κ3) is 13.4. The molecule has 0 heterocycles. The minimum absolute atomic E-state index is 0.335. The Morgan fingerprint density at radius 1 is 0.941 bits per heavy atom. The van der Waals surface area contributed by atoms with Crippen LogP contribution >= 0.6 is 0 Å². The lowest BCUT2D eigenvalue weighted by molar-refractivity contribution is -0.137. The van der Waals surface area contributed by atoms with E-state index < -0.39 is 5.97 Å². The van der Waals surface area contributed by atoms with Crippen LogP contribution in [0.2, 0.25) is 0 Å². The summed E-state index contributed by atoms with van der Waals surface area (Å²) in [7, 11) is 0. The molecule has 2 nitrogen and oxygen atoms in total. The molecule has 0 bridgehead atoms. The quantitative estimate of drug-likeness (QED) is 0.488. The molecule has 0 aliphatic heterocycles. The summed E-state index contributed by atoms with van der Waals surface area (Å²) >= 11 is 0. The van der Waals surface area contributed by atoms with Gasteiger partial charge in [0.15, 0.2) is 0 Å². The second-order valence-electron chi connectivity index (χ2n) is 5.30. The minimum atomic E-state index is -0.659. The predicted molar refractivity (Wildman–Crippen MR) is 73.3 cm³/mol. The van der Waals surface area contributed by atoms with E-state index in [9.17, 15) is 4.79 Å². The first-order chi connectivity index (χ1) is 8.16. The Labute approximate surface area is 107 Å². The molecule has 0 saturated heterocycles. The van der Waals surface area contributed by atoms with Crippen LogP contribution in [0.25, 0.3) is 0 Å². The summed E-state index contributed by atoms with van der Waals surface area (Å²) in [6.45, 7) is 4.50. The van der Waals surface area contributed by atoms with Crippen molar-refractivity contribution in [3.8, 4) is 0 Å². The monoisotopic (exact) mass is 242 g/mol. The van der Waals surface area contributed by atoms with Crippen molar-refractivity contribution in [2.75, 3.05) is 0 Å². The van der Waals surface area contributed by atoms with Crippen LogP contribution in [0.5, 0.6) is 0 Å². The first kappa shape index (κ1) is 16.5. The third-order valence-corrected chi connectivity index (χ3v) is 3.39. The Bertz CT molecular complexity index is 178. The van der Waals surface area contributed by atoms with Crippen LogP contribution in [0.15, 0.2) is 0 Å². The largest absolute Gasteiger partial charge is 0.481 e. The average molecular weight is 242 g/mol. The Morgan fingerprint density at radius 3 is 2.06 bits per heavy atom. The van der Waals surface area contributed by atoms with Crippen molar-refractivity contribution >= 4 is 5.97 Å². The summed E-state index contributed by atoms with van der Waals surface area (Å²) in [5.74, 6) is 0.0399. The Kier molecular flexibility index (Phi) is 11.6. The molecule has 0 saturated carbocycles. The molecule has 0 rings (SSSR count). The Balaban J connectivity index is 3.16. The van der Waals surface area contributed by atoms with Crippen LogP contribution in [0.1, 0.15) is 84.5 Å². The fourth-order valence-corrected chi connectivity index (χ4v) is 2.20. The highest BCUT2D eigenvalue weighted by atomic mass is 16.4. The lowest BCUT2D eigenvalue weighted by Gasteiger charge is -2.10. The molecule has 1 unspecified atom stereocenters. The zero-order valence-electron chi connectivity index (χ0n) is 11.7. The molecule has 2 heteroatoms. The second-order valence-corrected chi connectivity index (χ2v) is 5.30. The summed E-state index contributed by atoms with van der Waals surface area (Å²) in [4.78, 5) is 10.4. The fourth-order valence-electron chi connectivity index (χ4n) is 2.20. The van der Waals surface area contributed by atoms with Gasteiger partial charge in [0.1, 0.15) is 0 Å². The lowest BCUT2D eigenvalue weighted by Crippen LogP contribution is -1.99. The van der Waals surface area contributed by atoms with Crippen molar-refractivity contribution in [1.29, 1.82) is 0 Å². The number of rotatable bonds is 12. The maximum Gasteiger partial charge on any atom is 0.303 e. The maximum atomic E-state index is 10.4. The normalized spacial score (nSPS) is 12.6. The predicted octanol–water partition coefficient (Wildman–Crippen LogP) is 5.02. The molecule has 17 heavy (non-hydrogen) atoms. The van der Waals surface area contributed by atoms with Crippen molar-refractivity contribution in [1.82, 2.24) is 0 Å². The van der Waals surface area contributed by atoms with E-state index in [0.29, 0.717) is 12.3 Å². The Hall–Kier alpha value is -0.530. The number of hydrogen-bond donors (Lipinski definition) is 1. The molecule has 0 spiro atoms. The van der Waals surface area contributed by atoms with Gasteiger partial charge in [-0.05, 0) is 12.3 Å². The van der Waals surface area contributed by atoms with Crippen LogP contribution in [0.4, 0.5) is 0 Å². The summed E-state index contributed by atoms with van der Waals surface area (Å²) in [5, 5.41) is 8.54. The molecule has 1 N–H and O–H groups in total. The van der Waals surface area contributed by atoms with Crippen molar-refractivity contribution in [2.24, 2.45) is 5.92 Å². The van der Waals surface area contributed by atoms with Crippen LogP contribution in [0.3, 0.4) is 0 Å². The zero-order valence-corrected chi connectivity index (χ0v) is 11.7. The van der Waals surface area contributed by atoms with Gasteiger partial charge in [-0.1, -0.05) is 71.6 Å². The molecule has 0 aliphatic carbocycles. The molecule has 0 aliphatic rings. The van der Waals surface area contributed by atoms with E-state index in [0.717, 1.165) is 12.8 Å². The van der Waals surface area contributed by atoms with Gasteiger partial charge in [0, 0.05) is 6.42 Å². The molecule has 0 fully saturated rings. The van der Waals surface area contributed by atoms with Gasteiger partial charge in [-0.2, -0.15) is 0 Å². The molecule has 0 aromatic carbocycles. The van der Waals surface area contributed by atoms with E-state index in [1.165, 1.54) is 51.4 Å². The number of hydrogen-bond acceptors (Lipinski definition) is 1.